The lowest BCUT2D eigenvalue weighted by Crippen LogP contribution is -2.32. The van der Waals surface area contributed by atoms with E-state index in [2.05, 4.69) is 5.32 Å². The first-order valence-corrected chi connectivity index (χ1v) is 10.0. The van der Waals surface area contributed by atoms with Crippen LogP contribution in [0.2, 0.25) is 0 Å². The van der Waals surface area contributed by atoms with Crippen LogP contribution < -0.4 is 19.7 Å². The molecule has 0 atom stereocenters. The van der Waals surface area contributed by atoms with E-state index >= 15 is 0 Å². The van der Waals surface area contributed by atoms with Crippen molar-refractivity contribution < 1.29 is 24.0 Å². The second-order valence-corrected chi connectivity index (χ2v) is 7.53. The van der Waals surface area contributed by atoms with Gasteiger partial charge in [-0.05, 0) is 54.4 Å². The van der Waals surface area contributed by atoms with E-state index in [1.54, 1.807) is 36.4 Å². The Hall–Kier alpha value is -4.66. The number of hydrogen-bond donors (Lipinski definition) is 1. The van der Waals surface area contributed by atoms with E-state index < -0.39 is 16.7 Å². The van der Waals surface area contributed by atoms with Crippen LogP contribution in [0.3, 0.4) is 0 Å². The molecule has 2 amide bonds. The van der Waals surface area contributed by atoms with Crippen LogP contribution in [0.5, 0.6) is 11.5 Å². The summed E-state index contributed by atoms with van der Waals surface area (Å²) in [6.07, 6.45) is 0. The van der Waals surface area contributed by atoms with Crippen LogP contribution in [0.25, 0.3) is 5.57 Å². The van der Waals surface area contributed by atoms with Crippen molar-refractivity contribution >= 4 is 34.4 Å². The monoisotopic (exact) mass is 443 g/mol. The smallest absolute Gasteiger partial charge is 0.282 e. The number of rotatable bonds is 5. The van der Waals surface area contributed by atoms with Gasteiger partial charge in [0.25, 0.3) is 17.5 Å². The summed E-state index contributed by atoms with van der Waals surface area (Å²) in [4.78, 5) is 38.5. The maximum atomic E-state index is 13.5. The lowest BCUT2D eigenvalue weighted by molar-refractivity contribution is -0.384. The van der Waals surface area contributed by atoms with Gasteiger partial charge in [0, 0.05) is 23.9 Å². The molecule has 0 radical (unpaired) electrons. The van der Waals surface area contributed by atoms with Crippen molar-refractivity contribution in [1.29, 1.82) is 0 Å². The van der Waals surface area contributed by atoms with Gasteiger partial charge < -0.3 is 14.8 Å². The van der Waals surface area contributed by atoms with Crippen molar-refractivity contribution in [3.05, 3.63) is 93.7 Å². The summed E-state index contributed by atoms with van der Waals surface area (Å²) in [5, 5.41) is 14.1. The molecule has 0 unspecified atom stereocenters. The van der Waals surface area contributed by atoms with Gasteiger partial charge in [0.2, 0.25) is 6.79 Å². The molecule has 3 aromatic rings. The normalized spacial score (nSPS) is 14.8. The molecule has 0 aromatic heterocycles. The molecule has 2 aliphatic heterocycles. The highest BCUT2D eigenvalue weighted by Gasteiger charge is 2.40. The molecule has 0 fully saturated rings. The number of nitrogens with one attached hydrogen (secondary N) is 1. The van der Waals surface area contributed by atoms with E-state index in [9.17, 15) is 19.7 Å². The van der Waals surface area contributed by atoms with Gasteiger partial charge in [0.15, 0.2) is 11.5 Å². The number of benzene rings is 3. The maximum Gasteiger partial charge on any atom is 0.282 e. The molecule has 5 rings (SSSR count). The Bertz CT molecular complexity index is 1350. The van der Waals surface area contributed by atoms with Gasteiger partial charge >= 0.3 is 0 Å². The summed E-state index contributed by atoms with van der Waals surface area (Å²) in [5.74, 6) is 0.0458. The zero-order valence-corrected chi connectivity index (χ0v) is 17.4. The van der Waals surface area contributed by atoms with Crippen molar-refractivity contribution in [2.45, 2.75) is 6.92 Å². The number of anilines is 2. The molecule has 9 heteroatoms. The van der Waals surface area contributed by atoms with Crippen molar-refractivity contribution in [3.63, 3.8) is 0 Å². The molecule has 164 valence electrons. The average Bonchev–Trinajstić information content (AvgIpc) is 3.36. The minimum atomic E-state index is -0.531. The second-order valence-electron chi connectivity index (χ2n) is 7.53. The molecule has 3 aromatic carbocycles. The highest BCUT2D eigenvalue weighted by Crippen LogP contribution is 2.38. The number of amides is 2. The van der Waals surface area contributed by atoms with E-state index in [1.165, 1.54) is 24.3 Å². The fraction of sp³-hybridized carbons (Fsp3) is 0.0833. The maximum absolute atomic E-state index is 13.5. The van der Waals surface area contributed by atoms with Crippen LogP contribution in [0.1, 0.15) is 11.1 Å². The van der Waals surface area contributed by atoms with Crippen LogP contribution >= 0.6 is 0 Å². The number of nitro groups is 1. The third-order valence-electron chi connectivity index (χ3n) is 5.35. The minimum Gasteiger partial charge on any atom is -0.454 e. The summed E-state index contributed by atoms with van der Waals surface area (Å²) in [5.41, 5.74) is 2.31. The van der Waals surface area contributed by atoms with Crippen LogP contribution in [-0.4, -0.2) is 23.5 Å². The number of nitro benzene ring substituents is 1. The van der Waals surface area contributed by atoms with Crippen molar-refractivity contribution in [2.24, 2.45) is 0 Å². The SMILES string of the molecule is Cc1cccc(N2C(=O)C(Nc3ccc4c(c3)OCO4)=C(c3ccc([N+](=O)[O-])cc3)C2=O)c1. The summed E-state index contributed by atoms with van der Waals surface area (Å²) in [6, 6.07) is 17.7. The van der Waals surface area contributed by atoms with E-state index in [0.29, 0.717) is 28.4 Å². The summed E-state index contributed by atoms with van der Waals surface area (Å²) >= 11 is 0. The molecule has 0 aliphatic carbocycles. The number of carbonyl (C=O) groups is 2. The molecule has 0 saturated carbocycles. The average molecular weight is 443 g/mol. The molecule has 33 heavy (non-hydrogen) atoms. The first kappa shape index (κ1) is 20.3. The minimum absolute atomic E-state index is 0.0641. The highest BCUT2D eigenvalue weighted by molar-refractivity contribution is 6.46. The van der Waals surface area contributed by atoms with Gasteiger partial charge in [-0.15, -0.1) is 0 Å². The summed E-state index contributed by atoms with van der Waals surface area (Å²) in [6.45, 7) is 1.97. The van der Waals surface area contributed by atoms with E-state index in [-0.39, 0.29) is 23.8 Å². The Morgan fingerprint density at radius 2 is 1.70 bits per heavy atom. The molecule has 2 heterocycles. The lowest BCUT2D eigenvalue weighted by Gasteiger charge is -2.16. The van der Waals surface area contributed by atoms with Crippen LogP contribution in [-0.2, 0) is 9.59 Å². The Morgan fingerprint density at radius 3 is 2.42 bits per heavy atom. The number of ether oxygens (including phenoxy) is 2. The Morgan fingerprint density at radius 1 is 0.939 bits per heavy atom. The van der Waals surface area contributed by atoms with Gasteiger partial charge in [0.05, 0.1) is 16.2 Å². The molecule has 0 spiro atoms. The molecule has 1 N–H and O–H groups in total. The van der Waals surface area contributed by atoms with E-state index in [1.807, 2.05) is 13.0 Å². The lowest BCUT2D eigenvalue weighted by atomic mass is 10.0. The second kappa shape index (κ2) is 7.79. The standard InChI is InChI=1S/C24H17N3O6/c1-14-3-2-4-18(11-14)26-23(28)21(15-5-8-17(9-6-15)27(30)31)22(24(26)29)25-16-7-10-19-20(12-16)33-13-32-19/h2-12,25H,13H2,1H3. The summed E-state index contributed by atoms with van der Waals surface area (Å²) in [7, 11) is 0. The largest absolute Gasteiger partial charge is 0.454 e. The van der Waals surface area contributed by atoms with Crippen molar-refractivity contribution in [2.75, 3.05) is 17.0 Å². The van der Waals surface area contributed by atoms with Crippen molar-refractivity contribution in [1.82, 2.24) is 0 Å². The third-order valence-corrected chi connectivity index (χ3v) is 5.35. The van der Waals surface area contributed by atoms with Crippen LogP contribution in [0.4, 0.5) is 17.1 Å². The van der Waals surface area contributed by atoms with Crippen LogP contribution in [0.15, 0.2) is 72.4 Å². The van der Waals surface area contributed by atoms with Crippen LogP contribution in [0, 0.1) is 17.0 Å². The number of hydrogen-bond acceptors (Lipinski definition) is 7. The number of carbonyl (C=O) groups excluding carboxylic acids is 2. The van der Waals surface area contributed by atoms with Gasteiger partial charge in [-0.1, -0.05) is 12.1 Å². The summed E-state index contributed by atoms with van der Waals surface area (Å²) < 4.78 is 10.7. The molecule has 0 saturated heterocycles. The quantitative estimate of drug-likeness (QED) is 0.360. The Labute approximate surface area is 188 Å². The highest BCUT2D eigenvalue weighted by atomic mass is 16.7. The zero-order valence-electron chi connectivity index (χ0n) is 17.4. The molecule has 0 bridgehead atoms. The number of imide groups is 1. The predicted octanol–water partition coefficient (Wildman–Crippen LogP) is 4.03. The number of fused-ring (bicyclic) bond motifs is 1. The fourth-order valence-electron chi connectivity index (χ4n) is 3.78. The van der Waals surface area contributed by atoms with Gasteiger partial charge in [-0.2, -0.15) is 0 Å². The third kappa shape index (κ3) is 3.55. The van der Waals surface area contributed by atoms with Gasteiger partial charge in [0.1, 0.15) is 5.70 Å². The van der Waals surface area contributed by atoms with Gasteiger partial charge in [-0.3, -0.25) is 19.7 Å². The zero-order chi connectivity index (χ0) is 23.1. The number of nitrogens with zero attached hydrogens (tertiary/aromatic N) is 2. The molecule has 2 aliphatic rings. The number of aryl methyl sites for hydroxylation is 1. The molecular weight excluding hydrogens is 426 g/mol. The first-order valence-electron chi connectivity index (χ1n) is 10.0. The first-order chi connectivity index (χ1) is 15.9. The van der Waals surface area contributed by atoms with Crippen molar-refractivity contribution in [3.8, 4) is 11.5 Å². The topological polar surface area (TPSA) is 111 Å². The predicted molar refractivity (Wildman–Crippen MR) is 120 cm³/mol. The fourth-order valence-corrected chi connectivity index (χ4v) is 3.78. The number of non-ortho nitro benzene ring substituents is 1. The van der Waals surface area contributed by atoms with E-state index in [0.717, 1.165) is 10.5 Å². The molecular formula is C24H17N3O6. The van der Waals surface area contributed by atoms with Gasteiger partial charge in [-0.25, -0.2) is 4.90 Å². The Balaban J connectivity index is 1.60. The molecule has 9 nitrogen and oxygen atoms in total. The van der Waals surface area contributed by atoms with E-state index in [4.69, 9.17) is 9.47 Å². The Kier molecular flexibility index (Phi) is 4.78.